The second kappa shape index (κ2) is 14.8. The highest BCUT2D eigenvalue weighted by Crippen LogP contribution is 2.62. The lowest BCUT2D eigenvalue weighted by atomic mass is 9.90. The van der Waals surface area contributed by atoms with Gasteiger partial charge in [-0.1, -0.05) is 12.1 Å². The van der Waals surface area contributed by atoms with Crippen molar-refractivity contribution in [1.82, 2.24) is 5.32 Å². The number of rotatable bonds is 16. The molecular formula is C28H23F20N4O2+. The van der Waals surface area contributed by atoms with E-state index in [1.165, 1.54) is 43.7 Å². The first kappa shape index (κ1) is 46.0. The average Bonchev–Trinajstić information content (AvgIpc) is 3.02. The molecule has 306 valence electrons. The average molecular weight is 827 g/mol. The minimum absolute atomic E-state index is 0.0180. The van der Waals surface area contributed by atoms with Crippen molar-refractivity contribution in [3.63, 3.8) is 0 Å². The highest BCUT2D eigenvalue weighted by molar-refractivity contribution is 5.84. The summed E-state index contributed by atoms with van der Waals surface area (Å²) in [5, 5.41) is 8.43. The van der Waals surface area contributed by atoms with Gasteiger partial charge in [-0.2, -0.15) is 98.0 Å². The lowest BCUT2D eigenvalue weighted by Gasteiger charge is -2.39. The first-order valence-electron chi connectivity index (χ1n) is 14.1. The molecule has 2 aromatic carbocycles. The Balaban J connectivity index is 2.02. The molecule has 0 aliphatic carbocycles. The Kier molecular flexibility index (Phi) is 12.6. The Morgan fingerprint density at radius 1 is 0.574 bits per heavy atom. The van der Waals surface area contributed by atoms with Gasteiger partial charge < -0.3 is 14.5 Å². The van der Waals surface area contributed by atoms with E-state index in [9.17, 15) is 92.6 Å². The maximum absolute atomic E-state index is 14.4. The molecule has 0 saturated carbocycles. The molecule has 0 aromatic heterocycles. The van der Waals surface area contributed by atoms with Gasteiger partial charge in [0.2, 0.25) is 0 Å². The van der Waals surface area contributed by atoms with Crippen LogP contribution in [-0.4, -0.2) is 98.6 Å². The van der Waals surface area contributed by atoms with Crippen LogP contribution in [0.15, 0.2) is 58.8 Å². The van der Waals surface area contributed by atoms with E-state index in [0.717, 1.165) is 0 Å². The molecule has 0 aliphatic rings. The molecule has 0 aliphatic heterocycles. The van der Waals surface area contributed by atoms with Crippen molar-refractivity contribution in [1.29, 1.82) is 0 Å². The first-order valence-corrected chi connectivity index (χ1v) is 14.1. The van der Waals surface area contributed by atoms with Gasteiger partial charge in [-0.25, -0.2) is 0 Å². The molecule has 0 radical (unpaired) electrons. The lowest BCUT2D eigenvalue weighted by molar-refractivity contribution is -0.889. The predicted octanol–water partition coefficient (Wildman–Crippen LogP) is 9.70. The molecular weight excluding hydrogens is 804 g/mol. The number of azo groups is 1. The zero-order valence-corrected chi connectivity index (χ0v) is 26.7. The summed E-state index contributed by atoms with van der Waals surface area (Å²) in [6, 6.07) is 5.57. The summed E-state index contributed by atoms with van der Waals surface area (Å²) >= 11 is 0. The fraction of sp³-hybridized carbons (Fsp3) is 0.536. The molecule has 6 nitrogen and oxygen atoms in total. The Morgan fingerprint density at radius 2 is 0.981 bits per heavy atom. The van der Waals surface area contributed by atoms with E-state index >= 15 is 0 Å². The highest BCUT2D eigenvalue weighted by Gasteiger charge is 2.91. The number of carbonyl (C=O) groups is 1. The van der Waals surface area contributed by atoms with Crippen molar-refractivity contribution in [3.8, 4) is 5.75 Å². The number of benzene rings is 2. The summed E-state index contributed by atoms with van der Waals surface area (Å²) in [5.41, 5.74) is -2.71. The zero-order chi connectivity index (χ0) is 42.2. The quantitative estimate of drug-likeness (QED) is 0.104. The van der Waals surface area contributed by atoms with Crippen molar-refractivity contribution < 1.29 is 102 Å². The van der Waals surface area contributed by atoms with Crippen LogP contribution in [0.25, 0.3) is 0 Å². The van der Waals surface area contributed by atoms with E-state index in [4.69, 9.17) is 4.74 Å². The van der Waals surface area contributed by atoms with E-state index in [1.807, 2.05) is 0 Å². The molecule has 2 aromatic rings. The number of ether oxygens (including phenoxy) is 1. The second-order valence-corrected chi connectivity index (χ2v) is 11.7. The van der Waals surface area contributed by atoms with Gasteiger partial charge in [-0.05, 0) is 36.4 Å². The number of halogens is 20. The molecule has 0 heterocycles. The van der Waals surface area contributed by atoms with Crippen molar-refractivity contribution in [2.45, 2.75) is 53.8 Å². The third-order valence-electron chi connectivity index (χ3n) is 7.28. The molecule has 54 heavy (non-hydrogen) atoms. The normalized spacial score (nSPS) is 14.8. The molecule has 0 fully saturated rings. The number of nitrogens with one attached hydrogen (secondary N) is 1. The third kappa shape index (κ3) is 8.71. The topological polar surface area (TPSA) is 63.0 Å². The number of amides is 1. The first-order chi connectivity index (χ1) is 24.0. The van der Waals surface area contributed by atoms with Crippen LogP contribution in [0.2, 0.25) is 0 Å². The fourth-order valence-corrected chi connectivity index (χ4v) is 3.84. The van der Waals surface area contributed by atoms with Gasteiger partial charge in [0.15, 0.2) is 0 Å². The van der Waals surface area contributed by atoms with Crippen LogP contribution in [0.3, 0.4) is 0 Å². The Morgan fingerprint density at radius 3 is 1.41 bits per heavy atom. The van der Waals surface area contributed by atoms with Crippen molar-refractivity contribution >= 4 is 17.3 Å². The Labute approximate surface area is 289 Å². The van der Waals surface area contributed by atoms with Crippen molar-refractivity contribution in [2.75, 3.05) is 40.3 Å². The molecule has 0 atom stereocenters. The summed E-state index contributed by atoms with van der Waals surface area (Å²) < 4.78 is 269. The summed E-state index contributed by atoms with van der Waals surface area (Å²) in [5.74, 6) is -53.2. The van der Waals surface area contributed by atoms with Crippen LogP contribution < -0.4 is 10.1 Å². The van der Waals surface area contributed by atoms with Crippen molar-refractivity contribution in [3.05, 3.63) is 54.1 Å². The SMILES string of the molecule is C[N+](C)(CCNC(=O)C(F)(F)C(F)(F)C(F)(F)F)CCOc1ccc(N=Nc2ccc(C(F)(F)C(F)(F)C(F)(F)C(F)(F)C(F)(F)C(F)(F)F)cc2)cc1. The fourth-order valence-electron chi connectivity index (χ4n) is 3.84. The van der Waals surface area contributed by atoms with Crippen LogP contribution in [-0.2, 0) is 10.7 Å². The maximum atomic E-state index is 14.4. The summed E-state index contributed by atoms with van der Waals surface area (Å²) in [7, 11) is 2.91. The minimum Gasteiger partial charge on any atom is -0.488 e. The van der Waals surface area contributed by atoms with Crippen LogP contribution >= 0.6 is 0 Å². The Bertz CT molecular complexity index is 1620. The number of hydrogen-bond donors (Lipinski definition) is 1. The van der Waals surface area contributed by atoms with Crippen LogP contribution in [0.5, 0.6) is 5.75 Å². The van der Waals surface area contributed by atoms with E-state index in [2.05, 4.69) is 10.2 Å². The van der Waals surface area contributed by atoms with Gasteiger partial charge >= 0.3 is 53.8 Å². The number of carbonyl (C=O) groups excluding carboxylic acids is 1. The second-order valence-electron chi connectivity index (χ2n) is 11.7. The zero-order valence-electron chi connectivity index (χ0n) is 26.7. The van der Waals surface area contributed by atoms with Crippen LogP contribution in [0.4, 0.5) is 99.2 Å². The van der Waals surface area contributed by atoms with Gasteiger partial charge in [0.05, 0.1) is 38.6 Å². The molecule has 1 amide bonds. The van der Waals surface area contributed by atoms with E-state index < -0.39 is 77.5 Å². The Hall–Kier alpha value is -4.13. The van der Waals surface area contributed by atoms with E-state index in [1.54, 1.807) is 0 Å². The van der Waals surface area contributed by atoms with Crippen LogP contribution in [0.1, 0.15) is 5.56 Å². The molecule has 1 N–H and O–H groups in total. The minimum atomic E-state index is -8.04. The van der Waals surface area contributed by atoms with Gasteiger partial charge in [0.25, 0.3) is 5.91 Å². The van der Waals surface area contributed by atoms with Crippen molar-refractivity contribution in [2.24, 2.45) is 10.2 Å². The molecule has 26 heteroatoms. The largest absolute Gasteiger partial charge is 0.488 e. The predicted molar refractivity (Wildman–Crippen MR) is 143 cm³/mol. The summed E-state index contributed by atoms with van der Waals surface area (Å²) in [6.07, 6.45) is -14.2. The smallest absolute Gasteiger partial charge is 0.460 e. The number of hydrogen-bond acceptors (Lipinski definition) is 4. The number of nitrogens with zero attached hydrogens (tertiary/aromatic N) is 3. The van der Waals surface area contributed by atoms with Crippen LogP contribution in [0, 0.1) is 0 Å². The van der Waals surface area contributed by atoms with Gasteiger partial charge in [0.1, 0.15) is 18.9 Å². The molecule has 2 rings (SSSR count). The molecule has 0 spiro atoms. The molecule has 0 bridgehead atoms. The van der Waals surface area contributed by atoms with E-state index in [0.29, 0.717) is 12.1 Å². The summed E-state index contributed by atoms with van der Waals surface area (Å²) in [6.45, 7) is -1.07. The van der Waals surface area contributed by atoms with Gasteiger partial charge in [-0.3, -0.25) is 4.79 Å². The third-order valence-corrected chi connectivity index (χ3v) is 7.28. The maximum Gasteiger partial charge on any atom is 0.460 e. The monoisotopic (exact) mass is 827 g/mol. The molecule has 0 saturated heterocycles. The number of alkyl halides is 20. The number of likely N-dealkylation sites (N-methyl/N-ethyl adjacent to an activating group) is 1. The lowest BCUT2D eigenvalue weighted by Crippen LogP contribution is -2.69. The van der Waals surface area contributed by atoms with Gasteiger partial charge in [0, 0.05) is 5.56 Å². The molecule has 0 unspecified atom stereocenters. The van der Waals surface area contributed by atoms with Gasteiger partial charge in [-0.15, -0.1) is 0 Å². The number of quaternary nitrogens is 1. The summed E-state index contributed by atoms with van der Waals surface area (Å²) in [4.78, 5) is 11.4. The highest BCUT2D eigenvalue weighted by atomic mass is 19.4. The van der Waals surface area contributed by atoms with E-state index in [-0.39, 0.29) is 47.7 Å². The standard InChI is InChI=1S/C28H22F20N4O2/c1-52(2,12-11-49-19(53)21(31,32)23(35,36)27(43,44)45)13-14-54-18-9-7-17(8-10-18)51-50-16-5-3-15(4-6-16)20(29,30)22(33,34)24(37,38)25(39,40)26(41,42)28(46,47)48/h3-10H,11-14H2,1-2H3/p+1.